The molecule has 2 heterocycles. The summed E-state index contributed by atoms with van der Waals surface area (Å²) in [7, 11) is 2.12. The number of rotatable bonds is 9. The van der Waals surface area contributed by atoms with Gasteiger partial charge in [-0.25, -0.2) is 19.2 Å². The van der Waals surface area contributed by atoms with Crippen molar-refractivity contribution in [1.29, 1.82) is 0 Å². The maximum atomic E-state index is 13.9. The summed E-state index contributed by atoms with van der Waals surface area (Å²) in [5.74, 6) is -3.69. The van der Waals surface area contributed by atoms with Crippen molar-refractivity contribution in [2.75, 3.05) is 14.2 Å². The average Bonchev–Trinajstić information content (AvgIpc) is 3.49. The molecule has 45 heavy (non-hydrogen) atoms. The van der Waals surface area contributed by atoms with E-state index in [1.165, 1.54) is 12.1 Å². The summed E-state index contributed by atoms with van der Waals surface area (Å²) in [5, 5.41) is 10.8. The molecule has 1 N–H and O–H groups in total. The number of carbonyl (C=O) groups excluding carboxylic acids is 4. The van der Waals surface area contributed by atoms with Gasteiger partial charge in [0.2, 0.25) is 11.5 Å². The van der Waals surface area contributed by atoms with Gasteiger partial charge in [-0.3, -0.25) is 4.79 Å². The molecule has 232 valence electrons. The largest absolute Gasteiger partial charge is 0.467 e. The first kappa shape index (κ1) is 31.5. The Labute approximate surface area is 261 Å². The number of hydrogen-bond acceptors (Lipinski definition) is 12. The van der Waals surface area contributed by atoms with Gasteiger partial charge in [-0.05, 0) is 55.3 Å². The molecule has 0 saturated heterocycles. The molecule has 12 heteroatoms. The van der Waals surface area contributed by atoms with Crippen molar-refractivity contribution in [1.82, 2.24) is 0 Å². The Morgan fingerprint density at radius 3 is 2.18 bits per heavy atom. The molecule has 0 fully saturated rings. The second-order valence-electron chi connectivity index (χ2n) is 10.3. The predicted molar refractivity (Wildman–Crippen MR) is 161 cm³/mol. The van der Waals surface area contributed by atoms with Crippen LogP contribution < -0.4 is 10.2 Å². The highest BCUT2D eigenvalue weighted by atomic mass is 32.2. The molecule has 3 aromatic carbocycles. The molecule has 0 amide bonds. The van der Waals surface area contributed by atoms with Crippen molar-refractivity contribution < 1.29 is 47.6 Å². The van der Waals surface area contributed by atoms with Crippen LogP contribution >= 0.6 is 11.8 Å². The number of hydrogen-bond donors (Lipinski definition) is 1. The van der Waals surface area contributed by atoms with Gasteiger partial charge in [-0.2, -0.15) is 0 Å². The Bertz CT molecular complexity index is 1830. The minimum Gasteiger partial charge on any atom is -0.467 e. The minimum atomic E-state index is -2.44. The molecule has 0 aliphatic carbocycles. The molecule has 1 aliphatic rings. The Morgan fingerprint density at radius 1 is 0.956 bits per heavy atom. The molecule has 0 saturated carbocycles. The highest BCUT2D eigenvalue weighted by Crippen LogP contribution is 2.45. The molecule has 3 atom stereocenters. The fourth-order valence-electron chi connectivity index (χ4n) is 5.02. The molecular weight excluding hydrogens is 604 g/mol. The van der Waals surface area contributed by atoms with Crippen LogP contribution in [0.3, 0.4) is 0 Å². The smallest absolute Gasteiger partial charge is 0.347 e. The molecule has 0 unspecified atom stereocenters. The zero-order valence-corrected chi connectivity index (χ0v) is 25.3. The fourth-order valence-corrected chi connectivity index (χ4v) is 6.37. The average molecular weight is 633 g/mol. The summed E-state index contributed by atoms with van der Waals surface area (Å²) in [6.45, 7) is 1.74. The van der Waals surface area contributed by atoms with Crippen molar-refractivity contribution in [3.05, 3.63) is 105 Å². The number of thioether (sulfide) groups is 1. The zero-order chi connectivity index (χ0) is 32.3. The number of benzene rings is 3. The maximum Gasteiger partial charge on any atom is 0.347 e. The topological polar surface area (TPSA) is 156 Å². The van der Waals surface area contributed by atoms with Crippen LogP contribution in [0.4, 0.5) is 0 Å². The third kappa shape index (κ3) is 6.33. The van der Waals surface area contributed by atoms with Gasteiger partial charge in [0.15, 0.2) is 10.7 Å². The van der Waals surface area contributed by atoms with E-state index >= 15 is 0 Å². The fraction of sp³-hybridized carbons (Fsp3) is 0.242. The molecule has 5 rings (SSSR count). The Kier molecular flexibility index (Phi) is 9.07. The van der Waals surface area contributed by atoms with E-state index in [9.17, 15) is 29.1 Å². The summed E-state index contributed by atoms with van der Waals surface area (Å²) >= 11 is 0.897. The lowest BCUT2D eigenvalue weighted by molar-refractivity contribution is -0.170. The van der Waals surface area contributed by atoms with Crippen LogP contribution in [0, 0.1) is 6.92 Å². The number of aliphatic hydroxyl groups is 1. The molecule has 0 spiro atoms. The highest BCUT2D eigenvalue weighted by molar-refractivity contribution is 8.00. The molecule has 1 aliphatic heterocycles. The van der Waals surface area contributed by atoms with E-state index in [2.05, 4.69) is 0 Å². The first-order valence-corrected chi connectivity index (χ1v) is 14.6. The van der Waals surface area contributed by atoms with Crippen LogP contribution in [0.1, 0.15) is 38.3 Å². The number of methoxy groups -OCH3 is 2. The first-order chi connectivity index (χ1) is 21.5. The second-order valence-corrected chi connectivity index (χ2v) is 11.5. The lowest BCUT2D eigenvalue weighted by atomic mass is 9.88. The van der Waals surface area contributed by atoms with E-state index in [0.29, 0.717) is 5.56 Å². The lowest BCUT2D eigenvalue weighted by Gasteiger charge is -2.32. The molecule has 0 bridgehead atoms. The Morgan fingerprint density at radius 2 is 1.58 bits per heavy atom. The van der Waals surface area contributed by atoms with Gasteiger partial charge in [0, 0.05) is 6.42 Å². The van der Waals surface area contributed by atoms with Crippen molar-refractivity contribution >= 4 is 46.6 Å². The minimum absolute atomic E-state index is 0.00865. The van der Waals surface area contributed by atoms with E-state index in [1.807, 2.05) is 0 Å². The van der Waals surface area contributed by atoms with E-state index in [4.69, 9.17) is 23.4 Å². The normalized spacial score (nSPS) is 15.8. The van der Waals surface area contributed by atoms with Crippen LogP contribution in [0.5, 0.6) is 5.75 Å². The van der Waals surface area contributed by atoms with Crippen molar-refractivity contribution in [3.63, 3.8) is 0 Å². The summed E-state index contributed by atoms with van der Waals surface area (Å²) in [4.78, 5) is 65.3. The van der Waals surface area contributed by atoms with Crippen LogP contribution in [-0.4, -0.2) is 60.2 Å². The number of ether oxygens (including phenoxy) is 4. The number of carbonyl (C=O) groups is 4. The van der Waals surface area contributed by atoms with Gasteiger partial charge in [-0.1, -0.05) is 48.2 Å². The van der Waals surface area contributed by atoms with Crippen molar-refractivity contribution in [3.8, 4) is 5.75 Å². The van der Waals surface area contributed by atoms with Gasteiger partial charge < -0.3 is 28.5 Å². The van der Waals surface area contributed by atoms with Crippen LogP contribution in [-0.2, 0) is 30.2 Å². The standard InChI is InChI=1S/C33H28O11S/c1-18-14-22(42-28(35)19-10-6-4-7-11-19)26-23(15-18)44-31-21(27(26)34)16-25(45-31)33(39,32(38)41-3)17-24(30(37)40-2)43-29(36)20-12-8-5-9-13-20/h4-15,24-25,39H,16-17H2,1-3H3/t24-,25+,33-/m1/s1. The van der Waals surface area contributed by atoms with Gasteiger partial charge in [0.1, 0.15) is 16.7 Å². The number of aryl methyl sites for hydroxylation is 1. The van der Waals surface area contributed by atoms with Crippen molar-refractivity contribution in [2.45, 2.75) is 41.8 Å². The molecule has 1 aromatic heterocycles. The van der Waals surface area contributed by atoms with Gasteiger partial charge in [0.05, 0.1) is 36.2 Å². The lowest BCUT2D eigenvalue weighted by Crippen LogP contribution is -2.53. The summed E-state index contributed by atoms with van der Waals surface area (Å²) in [6.07, 6.45) is -2.63. The summed E-state index contributed by atoms with van der Waals surface area (Å²) < 4.78 is 26.8. The van der Waals surface area contributed by atoms with E-state index in [0.717, 1.165) is 26.0 Å². The molecule has 11 nitrogen and oxygen atoms in total. The number of fused-ring (bicyclic) bond motifs is 2. The predicted octanol–water partition coefficient (Wildman–Crippen LogP) is 4.03. The van der Waals surface area contributed by atoms with E-state index in [1.54, 1.807) is 67.6 Å². The van der Waals surface area contributed by atoms with E-state index < -0.39 is 52.7 Å². The summed E-state index contributed by atoms with van der Waals surface area (Å²) in [5.41, 5.74) is -1.65. The SMILES string of the molecule is COC(=O)[C@@H](C[C@](O)(C(=O)OC)[C@@H]1Cc2c(oc3cc(C)cc(OC(=O)c4ccccc4)c3c2=O)S1)OC(=O)c1ccccc1. The maximum absolute atomic E-state index is 13.9. The zero-order valence-electron chi connectivity index (χ0n) is 24.4. The van der Waals surface area contributed by atoms with Gasteiger partial charge in [0.25, 0.3) is 0 Å². The van der Waals surface area contributed by atoms with Crippen LogP contribution in [0.25, 0.3) is 11.0 Å². The van der Waals surface area contributed by atoms with Crippen LogP contribution in [0.15, 0.2) is 87.1 Å². The van der Waals surface area contributed by atoms with Crippen molar-refractivity contribution in [2.24, 2.45) is 0 Å². The third-order valence-electron chi connectivity index (χ3n) is 7.30. The molecular formula is C33H28O11S. The Hall–Kier alpha value is -4.94. The highest BCUT2D eigenvalue weighted by Gasteiger charge is 2.53. The summed E-state index contributed by atoms with van der Waals surface area (Å²) in [6, 6.07) is 19.3. The van der Waals surface area contributed by atoms with Gasteiger partial charge in [-0.15, -0.1) is 0 Å². The first-order valence-electron chi connectivity index (χ1n) is 13.7. The van der Waals surface area contributed by atoms with Crippen LogP contribution in [0.2, 0.25) is 0 Å². The number of esters is 4. The second kappa shape index (κ2) is 13.0. The molecule has 4 aromatic rings. The monoisotopic (exact) mass is 632 g/mol. The Balaban J connectivity index is 1.49. The third-order valence-corrected chi connectivity index (χ3v) is 8.69. The molecule has 0 radical (unpaired) electrons. The van der Waals surface area contributed by atoms with E-state index in [-0.39, 0.29) is 44.9 Å². The quantitative estimate of drug-likeness (QED) is 0.161. The van der Waals surface area contributed by atoms with Gasteiger partial charge >= 0.3 is 23.9 Å².